The SMILES string of the molecule is Cc1ccc(CN2C(=O)/C(=C/c3cccc(-c4ccc(C(=O)O)cc4)c3)OC2=S)cc1. The first-order valence-electron chi connectivity index (χ1n) is 9.65. The van der Waals surface area contributed by atoms with Crippen molar-refractivity contribution in [2.75, 3.05) is 0 Å². The highest BCUT2D eigenvalue weighted by atomic mass is 32.1. The summed E-state index contributed by atoms with van der Waals surface area (Å²) in [5.74, 6) is -1.06. The molecule has 1 aliphatic rings. The highest BCUT2D eigenvalue weighted by Gasteiger charge is 2.33. The maximum atomic E-state index is 12.8. The van der Waals surface area contributed by atoms with Crippen LogP contribution in [0.15, 0.2) is 78.6 Å². The second-order valence-electron chi connectivity index (χ2n) is 7.26. The Morgan fingerprint density at radius 2 is 1.74 bits per heavy atom. The number of carbonyl (C=O) groups excluding carboxylic acids is 1. The molecule has 0 bridgehead atoms. The molecule has 5 nitrogen and oxygen atoms in total. The van der Waals surface area contributed by atoms with Crippen molar-refractivity contribution in [3.05, 3.63) is 101 Å². The van der Waals surface area contributed by atoms with Gasteiger partial charge in [-0.3, -0.25) is 9.69 Å². The zero-order valence-corrected chi connectivity index (χ0v) is 17.6. The minimum absolute atomic E-state index is 0.136. The molecule has 1 N–H and O–H groups in total. The second-order valence-corrected chi connectivity index (χ2v) is 7.61. The first-order valence-corrected chi connectivity index (χ1v) is 10.1. The lowest BCUT2D eigenvalue weighted by molar-refractivity contribution is -0.123. The molecule has 1 fully saturated rings. The predicted octanol–water partition coefficient (Wildman–Crippen LogP) is 5.05. The van der Waals surface area contributed by atoms with Crippen LogP contribution < -0.4 is 0 Å². The number of ether oxygens (including phenoxy) is 1. The molecule has 6 heteroatoms. The van der Waals surface area contributed by atoms with Crippen molar-refractivity contribution in [1.82, 2.24) is 4.90 Å². The van der Waals surface area contributed by atoms with Crippen LogP contribution in [0.25, 0.3) is 17.2 Å². The van der Waals surface area contributed by atoms with Crippen molar-refractivity contribution < 1.29 is 19.4 Å². The average Bonchev–Trinajstić information content (AvgIpc) is 3.03. The van der Waals surface area contributed by atoms with Gasteiger partial charge in [-0.2, -0.15) is 0 Å². The Kier molecular flexibility index (Phi) is 5.64. The fourth-order valence-corrected chi connectivity index (χ4v) is 3.51. The lowest BCUT2D eigenvalue weighted by Gasteiger charge is -2.12. The normalized spacial score (nSPS) is 14.7. The molecule has 0 atom stereocenters. The Labute approximate surface area is 185 Å². The van der Waals surface area contributed by atoms with Gasteiger partial charge in [0.2, 0.25) is 0 Å². The molecular weight excluding hydrogens is 410 g/mol. The van der Waals surface area contributed by atoms with Gasteiger partial charge in [-0.15, -0.1) is 0 Å². The minimum atomic E-state index is -0.965. The van der Waals surface area contributed by atoms with Gasteiger partial charge in [0.1, 0.15) is 0 Å². The van der Waals surface area contributed by atoms with Gasteiger partial charge >= 0.3 is 5.97 Å². The van der Waals surface area contributed by atoms with Crippen LogP contribution in [0.3, 0.4) is 0 Å². The quantitative estimate of drug-likeness (QED) is 0.454. The van der Waals surface area contributed by atoms with Crippen LogP contribution in [0.4, 0.5) is 0 Å². The summed E-state index contributed by atoms with van der Waals surface area (Å²) < 4.78 is 5.58. The Morgan fingerprint density at radius 3 is 2.42 bits per heavy atom. The van der Waals surface area contributed by atoms with Gasteiger partial charge in [0.15, 0.2) is 5.76 Å². The van der Waals surface area contributed by atoms with Crippen LogP contribution in [-0.4, -0.2) is 27.1 Å². The van der Waals surface area contributed by atoms with Crippen molar-refractivity contribution in [2.45, 2.75) is 13.5 Å². The molecule has 1 heterocycles. The van der Waals surface area contributed by atoms with Crippen molar-refractivity contribution in [2.24, 2.45) is 0 Å². The molecule has 0 unspecified atom stereocenters. The number of carboxylic acid groups (broad SMARTS) is 1. The van der Waals surface area contributed by atoms with Gasteiger partial charge in [-0.05, 0) is 65.7 Å². The van der Waals surface area contributed by atoms with Crippen LogP contribution in [0.1, 0.15) is 27.0 Å². The maximum absolute atomic E-state index is 12.8. The third kappa shape index (κ3) is 4.54. The van der Waals surface area contributed by atoms with Crippen molar-refractivity contribution in [3.63, 3.8) is 0 Å². The maximum Gasteiger partial charge on any atom is 0.335 e. The number of aryl methyl sites for hydroxylation is 1. The van der Waals surface area contributed by atoms with E-state index < -0.39 is 5.97 Å². The topological polar surface area (TPSA) is 66.8 Å². The van der Waals surface area contributed by atoms with Gasteiger partial charge < -0.3 is 9.84 Å². The largest absolute Gasteiger partial charge is 0.478 e. The first-order chi connectivity index (χ1) is 14.9. The summed E-state index contributed by atoms with van der Waals surface area (Å²) in [7, 11) is 0. The fraction of sp³-hybridized carbons (Fsp3) is 0.0800. The third-order valence-corrected chi connectivity index (χ3v) is 5.29. The molecule has 0 aromatic heterocycles. The first kappa shape index (κ1) is 20.5. The Bertz CT molecular complexity index is 1200. The second kappa shape index (κ2) is 8.53. The van der Waals surface area contributed by atoms with Crippen LogP contribution >= 0.6 is 12.2 Å². The molecular formula is C25H19NO4S. The van der Waals surface area contributed by atoms with Gasteiger partial charge in [-0.1, -0.05) is 60.2 Å². The molecule has 154 valence electrons. The van der Waals surface area contributed by atoms with Crippen molar-refractivity contribution in [1.29, 1.82) is 0 Å². The number of hydrogen-bond donors (Lipinski definition) is 1. The molecule has 4 rings (SSSR count). The monoisotopic (exact) mass is 429 g/mol. The van der Waals surface area contributed by atoms with E-state index in [2.05, 4.69) is 0 Å². The third-order valence-electron chi connectivity index (χ3n) is 4.98. The molecule has 0 spiro atoms. The van der Waals surface area contributed by atoms with Crippen molar-refractivity contribution in [3.8, 4) is 11.1 Å². The smallest absolute Gasteiger partial charge is 0.335 e. The highest BCUT2D eigenvalue weighted by molar-refractivity contribution is 7.80. The van der Waals surface area contributed by atoms with Gasteiger partial charge in [0.05, 0.1) is 12.1 Å². The van der Waals surface area contributed by atoms with Crippen LogP contribution in [0.2, 0.25) is 0 Å². The lowest BCUT2D eigenvalue weighted by Crippen LogP contribution is -2.27. The zero-order chi connectivity index (χ0) is 22.0. The number of aromatic carboxylic acids is 1. The number of carbonyl (C=O) groups is 2. The number of amides is 1. The molecule has 3 aromatic rings. The van der Waals surface area contributed by atoms with E-state index in [1.807, 2.05) is 55.5 Å². The summed E-state index contributed by atoms with van der Waals surface area (Å²) >= 11 is 5.27. The van der Waals surface area contributed by atoms with Crippen LogP contribution in [0, 0.1) is 6.92 Å². The van der Waals surface area contributed by atoms with Crippen LogP contribution in [0.5, 0.6) is 0 Å². The Balaban J connectivity index is 1.55. The van der Waals surface area contributed by atoms with Gasteiger partial charge in [-0.25, -0.2) is 4.79 Å². The molecule has 1 amide bonds. The summed E-state index contributed by atoms with van der Waals surface area (Å²) in [4.78, 5) is 25.3. The summed E-state index contributed by atoms with van der Waals surface area (Å²) in [6.07, 6.45) is 1.67. The Hall–Kier alpha value is -3.77. The number of thiocarbonyl (C=S) groups is 1. The molecule has 1 aliphatic heterocycles. The molecule has 31 heavy (non-hydrogen) atoms. The molecule has 0 radical (unpaired) electrons. The van der Waals surface area contributed by atoms with E-state index in [1.54, 1.807) is 30.3 Å². The summed E-state index contributed by atoms with van der Waals surface area (Å²) in [5.41, 5.74) is 4.90. The number of carboxylic acids is 1. The number of benzene rings is 3. The summed E-state index contributed by atoms with van der Waals surface area (Å²) in [6, 6.07) is 22.1. The molecule has 3 aromatic carbocycles. The zero-order valence-electron chi connectivity index (χ0n) is 16.7. The average molecular weight is 429 g/mol. The lowest BCUT2D eigenvalue weighted by atomic mass is 10.0. The minimum Gasteiger partial charge on any atom is -0.478 e. The number of hydrogen-bond acceptors (Lipinski definition) is 4. The molecule has 0 saturated carbocycles. The van der Waals surface area contributed by atoms with E-state index in [1.165, 1.54) is 4.90 Å². The predicted molar refractivity (Wildman–Crippen MR) is 122 cm³/mol. The standard InChI is InChI=1S/C25H19NO4S/c1-16-5-7-17(8-6-16)15-26-23(27)22(30-25(26)31)14-18-3-2-4-21(13-18)19-9-11-20(12-10-19)24(28)29/h2-14H,15H2,1H3,(H,28,29)/b22-14-. The van der Waals surface area contributed by atoms with E-state index in [0.29, 0.717) is 6.54 Å². The molecule has 1 saturated heterocycles. The van der Waals surface area contributed by atoms with E-state index in [-0.39, 0.29) is 22.4 Å². The van der Waals surface area contributed by atoms with E-state index in [9.17, 15) is 9.59 Å². The summed E-state index contributed by atoms with van der Waals surface area (Å²) in [5, 5.41) is 9.19. The van der Waals surface area contributed by atoms with Gasteiger partial charge in [0.25, 0.3) is 11.1 Å². The van der Waals surface area contributed by atoms with Gasteiger partial charge in [0, 0.05) is 0 Å². The van der Waals surface area contributed by atoms with Crippen LogP contribution in [-0.2, 0) is 16.1 Å². The van der Waals surface area contributed by atoms with Crippen molar-refractivity contribution >= 4 is 35.3 Å². The highest BCUT2D eigenvalue weighted by Crippen LogP contribution is 2.25. The Morgan fingerprint density at radius 1 is 1.03 bits per heavy atom. The van der Waals surface area contributed by atoms with E-state index in [0.717, 1.165) is 27.8 Å². The number of rotatable bonds is 5. The van der Waals surface area contributed by atoms with E-state index >= 15 is 0 Å². The summed E-state index contributed by atoms with van der Waals surface area (Å²) in [6.45, 7) is 2.36. The van der Waals surface area contributed by atoms with E-state index in [4.69, 9.17) is 22.1 Å². The molecule has 0 aliphatic carbocycles. The fourth-order valence-electron chi connectivity index (χ4n) is 3.28. The number of nitrogens with zero attached hydrogens (tertiary/aromatic N) is 1.